The number of phosphoric acid groups is 1. The number of hydrogen-bond acceptors (Lipinski definition) is 9. The maximum atomic E-state index is 12.4. The highest BCUT2D eigenvalue weighted by atomic mass is 31.2. The van der Waals surface area contributed by atoms with Gasteiger partial charge in [-0.1, -0.05) is 231 Å². The number of ether oxygens (including phenoxy) is 2. The highest BCUT2D eigenvalue weighted by molar-refractivity contribution is 7.47. The van der Waals surface area contributed by atoms with Crippen molar-refractivity contribution < 1.29 is 47.8 Å². The molecule has 0 aromatic carbocycles. The highest BCUT2D eigenvalue weighted by Gasteiger charge is 2.27. The Morgan fingerprint density at radius 2 is 0.688 bits per heavy atom. The van der Waals surface area contributed by atoms with Gasteiger partial charge in [-0.25, -0.2) is 4.57 Å². The minimum atomic E-state index is -4.64. The molecule has 0 rings (SSSR count). The topological polar surface area (TPSA) is 149 Å². The Morgan fingerprint density at radius 3 is 1.00 bits per heavy atom. The Labute approximate surface area is 393 Å². The summed E-state index contributed by atoms with van der Waals surface area (Å²) in [5, 5.41) is 19.3. The number of aliphatic hydroxyl groups excluding tert-OH is 2. The standard InChI is InChI=1S/C53H101O10P/c1-3-5-7-9-11-13-15-17-19-21-22-23-24-25-26-27-29-31-33-35-37-39-41-43-45-53(57)63-51(47-55)49-61-64(58,59)60-48-50(46-54)62-52(56)44-42-40-38-36-34-32-30-28-20-18-16-14-12-10-8-6-4-2/h12,14,18,20,50-51,54-55H,3-11,13,15-17,19,21-49H2,1-2H3,(H,58,59)/b14-12-,20-18-. The summed E-state index contributed by atoms with van der Waals surface area (Å²) in [6.45, 7) is 2.23. The lowest BCUT2D eigenvalue weighted by Crippen LogP contribution is -2.28. The fourth-order valence-electron chi connectivity index (χ4n) is 7.80. The van der Waals surface area contributed by atoms with Gasteiger partial charge >= 0.3 is 19.8 Å². The van der Waals surface area contributed by atoms with Gasteiger partial charge in [0, 0.05) is 12.8 Å². The molecule has 3 atom stereocenters. The summed E-state index contributed by atoms with van der Waals surface area (Å²) >= 11 is 0. The van der Waals surface area contributed by atoms with Crippen molar-refractivity contribution in [2.24, 2.45) is 0 Å². The monoisotopic (exact) mass is 929 g/mol. The Bertz CT molecular complexity index is 1110. The second-order valence-corrected chi connectivity index (χ2v) is 19.7. The summed E-state index contributed by atoms with van der Waals surface area (Å²) in [5.41, 5.74) is 0. The van der Waals surface area contributed by atoms with Gasteiger partial charge in [-0.15, -0.1) is 0 Å². The smallest absolute Gasteiger partial charge is 0.457 e. The first-order valence-electron chi connectivity index (χ1n) is 26.8. The predicted octanol–water partition coefficient (Wildman–Crippen LogP) is 15.3. The van der Waals surface area contributed by atoms with Crippen molar-refractivity contribution >= 4 is 19.8 Å². The number of rotatable bonds is 51. The molecule has 10 nitrogen and oxygen atoms in total. The number of unbranched alkanes of at least 4 members (excludes halogenated alkanes) is 33. The maximum absolute atomic E-state index is 12.4. The molecule has 0 aromatic rings. The molecular formula is C53H101O10P. The number of hydrogen-bond donors (Lipinski definition) is 3. The summed E-state index contributed by atoms with van der Waals surface area (Å²) in [7, 11) is -4.64. The second kappa shape index (κ2) is 49.4. The first-order valence-corrected chi connectivity index (χ1v) is 28.3. The lowest BCUT2D eigenvalue weighted by Gasteiger charge is -2.20. The van der Waals surface area contributed by atoms with E-state index in [2.05, 4.69) is 38.2 Å². The number of phosphoric ester groups is 1. The van der Waals surface area contributed by atoms with Crippen molar-refractivity contribution in [1.29, 1.82) is 0 Å². The van der Waals surface area contributed by atoms with Gasteiger partial charge in [0.1, 0.15) is 12.2 Å². The van der Waals surface area contributed by atoms with Crippen LogP contribution in [0.3, 0.4) is 0 Å². The molecule has 0 aromatic heterocycles. The minimum Gasteiger partial charge on any atom is -0.457 e. The molecule has 0 amide bonds. The molecule has 3 N–H and O–H groups in total. The Balaban J connectivity index is 3.78. The molecule has 3 unspecified atom stereocenters. The van der Waals surface area contributed by atoms with Crippen LogP contribution in [0.4, 0.5) is 0 Å². The Kier molecular flexibility index (Phi) is 48.2. The molecular weight excluding hydrogens is 828 g/mol. The van der Waals surface area contributed by atoms with E-state index in [1.165, 1.54) is 173 Å². The van der Waals surface area contributed by atoms with Crippen LogP contribution in [0.1, 0.15) is 264 Å². The number of carbonyl (C=O) groups is 2. The number of allylic oxidation sites excluding steroid dienone is 4. The zero-order valence-electron chi connectivity index (χ0n) is 41.5. The predicted molar refractivity (Wildman–Crippen MR) is 265 cm³/mol. The van der Waals surface area contributed by atoms with Crippen LogP contribution in [-0.4, -0.2) is 65.7 Å². The third kappa shape index (κ3) is 47.0. The molecule has 0 fully saturated rings. The van der Waals surface area contributed by atoms with Crippen LogP contribution < -0.4 is 0 Å². The van der Waals surface area contributed by atoms with Crippen molar-refractivity contribution in [3.63, 3.8) is 0 Å². The van der Waals surface area contributed by atoms with Gasteiger partial charge in [-0.2, -0.15) is 0 Å². The van der Waals surface area contributed by atoms with E-state index in [0.717, 1.165) is 51.4 Å². The molecule has 64 heavy (non-hydrogen) atoms. The molecule has 0 spiro atoms. The van der Waals surface area contributed by atoms with Crippen molar-refractivity contribution in [3.8, 4) is 0 Å². The second-order valence-electron chi connectivity index (χ2n) is 18.2. The van der Waals surface area contributed by atoms with E-state index in [-0.39, 0.29) is 12.8 Å². The Hall–Kier alpha value is -1.55. The quantitative estimate of drug-likeness (QED) is 0.0233. The summed E-state index contributed by atoms with van der Waals surface area (Å²) in [6.07, 6.45) is 53.0. The molecule has 0 radical (unpaired) electrons. The maximum Gasteiger partial charge on any atom is 0.472 e. The van der Waals surface area contributed by atoms with E-state index < -0.39 is 58.4 Å². The van der Waals surface area contributed by atoms with Crippen LogP contribution >= 0.6 is 7.82 Å². The van der Waals surface area contributed by atoms with Crippen molar-refractivity contribution in [3.05, 3.63) is 24.3 Å². The molecule has 378 valence electrons. The number of esters is 2. The van der Waals surface area contributed by atoms with Gasteiger partial charge in [0.15, 0.2) is 0 Å². The molecule has 0 aliphatic rings. The number of carbonyl (C=O) groups excluding carboxylic acids is 2. The summed E-state index contributed by atoms with van der Waals surface area (Å²) in [5.74, 6) is -1.01. The van der Waals surface area contributed by atoms with Crippen LogP contribution in [0.5, 0.6) is 0 Å². The largest absolute Gasteiger partial charge is 0.472 e. The van der Waals surface area contributed by atoms with E-state index in [1.807, 2.05) is 0 Å². The highest BCUT2D eigenvalue weighted by Crippen LogP contribution is 2.43. The average molecular weight is 929 g/mol. The third-order valence-corrected chi connectivity index (χ3v) is 12.9. The molecule has 0 heterocycles. The van der Waals surface area contributed by atoms with E-state index in [9.17, 15) is 29.3 Å². The average Bonchev–Trinajstić information content (AvgIpc) is 3.29. The molecule has 11 heteroatoms. The van der Waals surface area contributed by atoms with Crippen molar-refractivity contribution in [1.82, 2.24) is 0 Å². The van der Waals surface area contributed by atoms with E-state index in [4.69, 9.17) is 18.5 Å². The third-order valence-electron chi connectivity index (χ3n) is 11.9. The van der Waals surface area contributed by atoms with Crippen LogP contribution in [0.2, 0.25) is 0 Å². The van der Waals surface area contributed by atoms with Gasteiger partial charge in [-0.3, -0.25) is 18.6 Å². The number of aliphatic hydroxyl groups is 2. The van der Waals surface area contributed by atoms with Crippen LogP contribution in [0, 0.1) is 0 Å². The first-order chi connectivity index (χ1) is 31.3. The molecule has 0 aliphatic heterocycles. The molecule has 0 saturated heterocycles. The van der Waals surface area contributed by atoms with Gasteiger partial charge < -0.3 is 24.6 Å². The molecule has 0 bridgehead atoms. The van der Waals surface area contributed by atoms with Crippen LogP contribution in [-0.2, 0) is 32.7 Å². The fourth-order valence-corrected chi connectivity index (χ4v) is 8.58. The van der Waals surface area contributed by atoms with Gasteiger partial charge in [0.05, 0.1) is 26.4 Å². The fraction of sp³-hybridized carbons (Fsp3) is 0.887. The lowest BCUT2D eigenvalue weighted by molar-refractivity contribution is -0.153. The van der Waals surface area contributed by atoms with Crippen molar-refractivity contribution in [2.45, 2.75) is 276 Å². The zero-order chi connectivity index (χ0) is 46.9. The summed E-state index contributed by atoms with van der Waals surface area (Å²) in [4.78, 5) is 34.7. The zero-order valence-corrected chi connectivity index (χ0v) is 42.4. The summed E-state index contributed by atoms with van der Waals surface area (Å²) in [6, 6.07) is 0. The normalized spacial score (nSPS) is 13.8. The lowest BCUT2D eigenvalue weighted by atomic mass is 10.0. The summed E-state index contributed by atoms with van der Waals surface area (Å²) < 4.78 is 32.7. The van der Waals surface area contributed by atoms with E-state index in [0.29, 0.717) is 12.8 Å². The van der Waals surface area contributed by atoms with Gasteiger partial charge in [0.2, 0.25) is 0 Å². The van der Waals surface area contributed by atoms with Gasteiger partial charge in [-0.05, 0) is 44.9 Å². The van der Waals surface area contributed by atoms with Crippen LogP contribution in [0.15, 0.2) is 24.3 Å². The van der Waals surface area contributed by atoms with Gasteiger partial charge in [0.25, 0.3) is 0 Å². The molecule has 0 aliphatic carbocycles. The minimum absolute atomic E-state index is 0.185. The van der Waals surface area contributed by atoms with Crippen molar-refractivity contribution in [2.75, 3.05) is 26.4 Å². The SMILES string of the molecule is CCCCC/C=C\C/C=C\CCCCCCCCCC(=O)OC(CO)COP(=O)(O)OCC(CO)OC(=O)CCCCCCCCCCCCCCCCCCCCCCCCCC. The Morgan fingerprint density at radius 1 is 0.422 bits per heavy atom. The van der Waals surface area contributed by atoms with E-state index in [1.54, 1.807) is 0 Å². The molecule has 0 saturated carbocycles. The van der Waals surface area contributed by atoms with Crippen LogP contribution in [0.25, 0.3) is 0 Å². The van der Waals surface area contributed by atoms with E-state index >= 15 is 0 Å². The first kappa shape index (κ1) is 62.4.